The number of piperidine rings is 1. The van der Waals surface area contributed by atoms with Gasteiger partial charge in [-0.2, -0.15) is 0 Å². The second-order valence-corrected chi connectivity index (χ2v) is 12.6. The van der Waals surface area contributed by atoms with Gasteiger partial charge in [0, 0.05) is 52.1 Å². The van der Waals surface area contributed by atoms with E-state index >= 15 is 0 Å². The number of benzene rings is 2. The molecule has 0 saturated carbocycles. The Kier molecular flexibility index (Phi) is 10.7. The summed E-state index contributed by atoms with van der Waals surface area (Å²) in [7, 11) is 0. The Labute approximate surface area is 250 Å². The molecule has 0 radical (unpaired) electrons. The predicted molar refractivity (Wildman–Crippen MR) is 163 cm³/mol. The van der Waals surface area contributed by atoms with E-state index in [0.29, 0.717) is 31.2 Å². The summed E-state index contributed by atoms with van der Waals surface area (Å²) in [4.78, 5) is 43.7. The minimum atomic E-state index is -0.383. The first-order chi connectivity index (χ1) is 20.1. The third-order valence-corrected chi connectivity index (χ3v) is 8.59. The summed E-state index contributed by atoms with van der Waals surface area (Å²) in [5.41, 5.74) is 2.23. The summed E-state index contributed by atoms with van der Waals surface area (Å²) in [6.45, 7) is 14.0. The van der Waals surface area contributed by atoms with E-state index in [-0.39, 0.29) is 41.9 Å². The van der Waals surface area contributed by atoms with Crippen LogP contribution in [0, 0.1) is 11.3 Å². The molecule has 42 heavy (non-hydrogen) atoms. The van der Waals surface area contributed by atoms with Gasteiger partial charge in [0.15, 0.2) is 6.61 Å². The predicted octanol–water partition coefficient (Wildman–Crippen LogP) is 4.93. The van der Waals surface area contributed by atoms with Crippen LogP contribution in [0.5, 0.6) is 5.75 Å². The molecule has 228 valence electrons. The van der Waals surface area contributed by atoms with Crippen molar-refractivity contribution in [2.24, 2.45) is 11.3 Å². The smallest absolute Gasteiger partial charge is 0.344 e. The van der Waals surface area contributed by atoms with E-state index in [2.05, 4.69) is 67.0 Å². The molecule has 1 unspecified atom stereocenters. The highest BCUT2D eigenvalue weighted by Gasteiger charge is 2.40. The molecule has 2 atom stereocenters. The maximum absolute atomic E-state index is 13.7. The standard InChI is InChI=1S/C34H47N3O5/c1-6-41-32(40)24-42-29-14-12-28(13-15-29)33(27-10-8-7-9-11-27)36-20-21-37(30(23-36)34(3,4)5)31(39)22-26-16-18-35(19-17-26)25(2)38/h7-15,26,30,33H,6,16-24H2,1-5H3/t30-,33?/m1/s1. The molecule has 0 aromatic heterocycles. The van der Waals surface area contributed by atoms with Gasteiger partial charge in [-0.15, -0.1) is 0 Å². The fraction of sp³-hybridized carbons (Fsp3) is 0.559. The average molecular weight is 578 g/mol. The largest absolute Gasteiger partial charge is 0.482 e. The van der Waals surface area contributed by atoms with Gasteiger partial charge in [0.1, 0.15) is 5.75 Å². The van der Waals surface area contributed by atoms with Gasteiger partial charge in [-0.3, -0.25) is 14.5 Å². The first-order valence-corrected chi connectivity index (χ1v) is 15.3. The van der Waals surface area contributed by atoms with Crippen molar-refractivity contribution in [2.75, 3.05) is 45.9 Å². The van der Waals surface area contributed by atoms with Crippen molar-refractivity contribution in [3.8, 4) is 5.75 Å². The average Bonchev–Trinajstić information content (AvgIpc) is 2.97. The monoisotopic (exact) mass is 577 g/mol. The van der Waals surface area contributed by atoms with E-state index in [1.807, 2.05) is 23.1 Å². The summed E-state index contributed by atoms with van der Waals surface area (Å²) in [5.74, 6) is 0.917. The maximum Gasteiger partial charge on any atom is 0.344 e. The highest BCUT2D eigenvalue weighted by molar-refractivity contribution is 5.77. The Morgan fingerprint density at radius 2 is 1.55 bits per heavy atom. The molecule has 2 saturated heterocycles. The third kappa shape index (κ3) is 8.12. The van der Waals surface area contributed by atoms with Crippen LogP contribution in [0.4, 0.5) is 0 Å². The Hall–Kier alpha value is -3.39. The Morgan fingerprint density at radius 3 is 2.14 bits per heavy atom. The number of amides is 2. The zero-order valence-electron chi connectivity index (χ0n) is 25.9. The van der Waals surface area contributed by atoms with Crippen LogP contribution in [0.25, 0.3) is 0 Å². The number of piperazine rings is 1. The number of ether oxygens (including phenoxy) is 2. The third-order valence-electron chi connectivity index (χ3n) is 8.59. The lowest BCUT2D eigenvalue weighted by atomic mass is 9.82. The second kappa shape index (κ2) is 14.2. The van der Waals surface area contributed by atoms with Crippen molar-refractivity contribution < 1.29 is 23.9 Å². The molecule has 0 N–H and O–H groups in total. The molecule has 4 rings (SSSR count). The molecule has 2 aliphatic heterocycles. The molecule has 2 aromatic carbocycles. The quantitative estimate of drug-likeness (QED) is 0.394. The van der Waals surface area contributed by atoms with Gasteiger partial charge in [0.2, 0.25) is 11.8 Å². The van der Waals surface area contributed by atoms with E-state index in [1.165, 1.54) is 5.56 Å². The zero-order chi connectivity index (χ0) is 30.3. The number of rotatable bonds is 9. The summed E-state index contributed by atoms with van der Waals surface area (Å²) in [5, 5.41) is 0. The van der Waals surface area contributed by atoms with Crippen molar-refractivity contribution in [1.29, 1.82) is 0 Å². The van der Waals surface area contributed by atoms with Crippen molar-refractivity contribution in [2.45, 2.75) is 66.0 Å². The summed E-state index contributed by atoms with van der Waals surface area (Å²) in [6.07, 6.45) is 2.33. The van der Waals surface area contributed by atoms with Crippen LogP contribution in [-0.2, 0) is 19.1 Å². The second-order valence-electron chi connectivity index (χ2n) is 12.6. The molecule has 0 bridgehead atoms. The number of esters is 1. The van der Waals surface area contributed by atoms with Crippen LogP contribution in [0.15, 0.2) is 54.6 Å². The van der Waals surface area contributed by atoms with Crippen LogP contribution < -0.4 is 4.74 Å². The van der Waals surface area contributed by atoms with Crippen molar-refractivity contribution in [3.63, 3.8) is 0 Å². The lowest BCUT2D eigenvalue weighted by molar-refractivity contribution is -0.145. The first kappa shape index (κ1) is 31.5. The van der Waals surface area contributed by atoms with E-state index in [4.69, 9.17) is 9.47 Å². The van der Waals surface area contributed by atoms with E-state index in [9.17, 15) is 14.4 Å². The Morgan fingerprint density at radius 1 is 0.905 bits per heavy atom. The molecule has 2 fully saturated rings. The first-order valence-electron chi connectivity index (χ1n) is 15.3. The summed E-state index contributed by atoms with van der Waals surface area (Å²) >= 11 is 0. The lowest BCUT2D eigenvalue weighted by Crippen LogP contribution is -2.60. The minimum absolute atomic E-state index is 0.0170. The molecule has 2 aliphatic rings. The number of likely N-dealkylation sites (tertiary alicyclic amines) is 1. The van der Waals surface area contributed by atoms with E-state index in [0.717, 1.165) is 44.6 Å². The molecular weight excluding hydrogens is 530 g/mol. The number of nitrogens with zero attached hydrogens (tertiary/aromatic N) is 3. The van der Waals surface area contributed by atoms with Crippen molar-refractivity contribution in [3.05, 3.63) is 65.7 Å². The Bertz CT molecular complexity index is 1190. The van der Waals surface area contributed by atoms with E-state index in [1.54, 1.807) is 13.8 Å². The van der Waals surface area contributed by atoms with Gasteiger partial charge in [-0.05, 0) is 54.4 Å². The van der Waals surface area contributed by atoms with Gasteiger partial charge in [-0.1, -0.05) is 63.2 Å². The van der Waals surface area contributed by atoms with Crippen molar-refractivity contribution >= 4 is 17.8 Å². The fourth-order valence-corrected chi connectivity index (χ4v) is 6.24. The van der Waals surface area contributed by atoms with Crippen LogP contribution in [0.1, 0.15) is 71.0 Å². The number of hydrogen-bond donors (Lipinski definition) is 0. The maximum atomic E-state index is 13.7. The SMILES string of the molecule is CCOC(=O)COc1ccc(C(c2ccccc2)N2CCN(C(=O)CC3CCN(C(C)=O)CC3)[C@@H](C(C)(C)C)C2)cc1. The number of carbonyl (C=O) groups excluding carboxylic acids is 3. The van der Waals surface area contributed by atoms with Crippen LogP contribution in [-0.4, -0.2) is 84.5 Å². The van der Waals surface area contributed by atoms with Gasteiger partial charge in [0.05, 0.1) is 12.6 Å². The van der Waals surface area contributed by atoms with Gasteiger partial charge in [0.25, 0.3) is 0 Å². The van der Waals surface area contributed by atoms with Crippen molar-refractivity contribution in [1.82, 2.24) is 14.7 Å². The lowest BCUT2D eigenvalue weighted by Gasteiger charge is -2.50. The normalized spacial score (nSPS) is 19.3. The molecular formula is C34H47N3O5. The molecule has 2 heterocycles. The van der Waals surface area contributed by atoms with Gasteiger partial charge < -0.3 is 19.3 Å². The van der Waals surface area contributed by atoms with E-state index < -0.39 is 0 Å². The summed E-state index contributed by atoms with van der Waals surface area (Å²) < 4.78 is 10.6. The topological polar surface area (TPSA) is 79.4 Å². The van der Waals surface area contributed by atoms with Crippen LogP contribution in [0.3, 0.4) is 0 Å². The molecule has 0 spiro atoms. The summed E-state index contributed by atoms with van der Waals surface area (Å²) in [6, 6.07) is 18.5. The molecule has 0 aliphatic carbocycles. The van der Waals surface area contributed by atoms with Gasteiger partial charge in [-0.25, -0.2) is 4.79 Å². The highest BCUT2D eigenvalue weighted by Crippen LogP contribution is 2.36. The molecule has 2 aromatic rings. The zero-order valence-corrected chi connectivity index (χ0v) is 25.9. The molecule has 8 nitrogen and oxygen atoms in total. The fourth-order valence-electron chi connectivity index (χ4n) is 6.24. The Balaban J connectivity index is 1.49. The highest BCUT2D eigenvalue weighted by atomic mass is 16.6. The van der Waals surface area contributed by atoms with Crippen LogP contribution >= 0.6 is 0 Å². The van der Waals surface area contributed by atoms with Gasteiger partial charge >= 0.3 is 5.97 Å². The molecule has 2 amide bonds. The minimum Gasteiger partial charge on any atom is -0.482 e. The molecule has 8 heteroatoms. The number of hydrogen-bond acceptors (Lipinski definition) is 6. The number of carbonyl (C=O) groups is 3. The van der Waals surface area contributed by atoms with Crippen LogP contribution in [0.2, 0.25) is 0 Å².